The van der Waals surface area contributed by atoms with Crippen LogP contribution >= 0.6 is 0 Å². The van der Waals surface area contributed by atoms with Crippen molar-refractivity contribution in [3.63, 3.8) is 0 Å². The molecule has 0 radical (unpaired) electrons. The third kappa shape index (κ3) is 3.67. The highest BCUT2D eigenvalue weighted by molar-refractivity contribution is 5.94. The van der Waals surface area contributed by atoms with Crippen LogP contribution in [-0.2, 0) is 14.9 Å². The van der Waals surface area contributed by atoms with Crippen LogP contribution < -0.4 is 10.3 Å². The number of benzene rings is 2. The Hall–Kier alpha value is -3.41. The highest BCUT2D eigenvalue weighted by atomic mass is 16.5. The summed E-state index contributed by atoms with van der Waals surface area (Å²) in [6, 6.07) is 16.8. The number of anilines is 1. The molecule has 2 aromatic rings. The summed E-state index contributed by atoms with van der Waals surface area (Å²) in [5.74, 6) is -0.566. The number of methoxy groups -OCH3 is 1. The Kier molecular flexibility index (Phi) is 5.59. The summed E-state index contributed by atoms with van der Waals surface area (Å²) < 4.78 is 4.91. The Morgan fingerprint density at radius 2 is 1.82 bits per heavy atom. The van der Waals surface area contributed by atoms with E-state index in [9.17, 15) is 9.59 Å². The second-order valence-electron chi connectivity index (χ2n) is 6.80. The van der Waals surface area contributed by atoms with Gasteiger partial charge in [-0.15, -0.1) is 0 Å². The lowest BCUT2D eigenvalue weighted by molar-refractivity contribution is -0.141. The molecular weight excluding hydrogens is 354 g/mol. The largest absolute Gasteiger partial charge is 0.469 e. The number of para-hydroxylation sites is 1. The van der Waals surface area contributed by atoms with Gasteiger partial charge in [0.15, 0.2) is 0 Å². The fraction of sp³-hybridized carbons (Fsp3) is 0.227. The number of hydrazone groups is 1. The molecule has 6 heteroatoms. The summed E-state index contributed by atoms with van der Waals surface area (Å²) in [4.78, 5) is 26.2. The summed E-state index contributed by atoms with van der Waals surface area (Å²) in [7, 11) is 3.34. The number of carbonyl (C=O) groups is 2. The maximum atomic E-state index is 12.1. The molecule has 0 fully saturated rings. The second kappa shape index (κ2) is 8.08. The SMILES string of the molecule is COC(=O)CC1(C)/C(=C/C=N/NC(=O)c2ccccc2)N(C)c2ccccc21. The van der Waals surface area contributed by atoms with Crippen molar-refractivity contribution in [3.05, 3.63) is 77.5 Å². The van der Waals surface area contributed by atoms with E-state index in [4.69, 9.17) is 4.74 Å². The van der Waals surface area contributed by atoms with E-state index in [1.807, 2.05) is 55.3 Å². The molecule has 1 heterocycles. The monoisotopic (exact) mass is 377 g/mol. The average molecular weight is 377 g/mol. The van der Waals surface area contributed by atoms with Crippen molar-refractivity contribution in [1.82, 2.24) is 5.43 Å². The van der Waals surface area contributed by atoms with E-state index < -0.39 is 5.41 Å². The Morgan fingerprint density at radius 1 is 1.14 bits per heavy atom. The smallest absolute Gasteiger partial charge is 0.306 e. The molecule has 2 aromatic carbocycles. The summed E-state index contributed by atoms with van der Waals surface area (Å²) in [6.07, 6.45) is 3.56. The van der Waals surface area contributed by atoms with Crippen LogP contribution in [0.2, 0.25) is 0 Å². The predicted octanol–water partition coefficient (Wildman–Crippen LogP) is 3.26. The van der Waals surface area contributed by atoms with Crippen molar-refractivity contribution >= 4 is 23.8 Å². The molecule has 28 heavy (non-hydrogen) atoms. The standard InChI is InChI=1S/C22H23N3O3/c1-22(15-20(26)28-3)17-11-7-8-12-18(17)25(2)19(22)13-14-23-24-21(27)16-9-5-4-6-10-16/h4-14H,15H2,1-3H3,(H,24,27)/b19-13-,23-14+. The van der Waals surface area contributed by atoms with Gasteiger partial charge in [0.2, 0.25) is 0 Å². The minimum Gasteiger partial charge on any atom is -0.469 e. The van der Waals surface area contributed by atoms with Gasteiger partial charge < -0.3 is 9.64 Å². The topological polar surface area (TPSA) is 71.0 Å². The van der Waals surface area contributed by atoms with Crippen molar-refractivity contribution in [3.8, 4) is 0 Å². The number of esters is 1. The first-order valence-corrected chi connectivity index (χ1v) is 8.96. The number of hydrogen-bond donors (Lipinski definition) is 1. The van der Waals surface area contributed by atoms with Crippen LogP contribution in [0.4, 0.5) is 5.69 Å². The molecule has 1 unspecified atom stereocenters. The number of rotatable bonds is 5. The number of amides is 1. The molecule has 144 valence electrons. The van der Waals surface area contributed by atoms with Crippen molar-refractivity contribution in [1.29, 1.82) is 0 Å². The second-order valence-corrected chi connectivity index (χ2v) is 6.80. The molecule has 1 atom stereocenters. The number of carbonyl (C=O) groups excluding carboxylic acids is 2. The van der Waals surface area contributed by atoms with Crippen molar-refractivity contribution in [2.45, 2.75) is 18.8 Å². The van der Waals surface area contributed by atoms with E-state index in [-0.39, 0.29) is 18.3 Å². The highest BCUT2D eigenvalue weighted by Gasteiger charge is 2.43. The zero-order valence-electron chi connectivity index (χ0n) is 16.2. The minimum atomic E-state index is -0.548. The molecule has 3 rings (SSSR count). The summed E-state index contributed by atoms with van der Waals surface area (Å²) in [5, 5.41) is 4.03. The van der Waals surface area contributed by atoms with Gasteiger partial charge in [-0.2, -0.15) is 5.10 Å². The van der Waals surface area contributed by atoms with Crippen molar-refractivity contribution in [2.75, 3.05) is 19.1 Å². The number of likely N-dealkylation sites (N-methyl/N-ethyl adjacent to an activating group) is 1. The minimum absolute atomic E-state index is 0.209. The number of fused-ring (bicyclic) bond motifs is 1. The number of nitrogens with zero attached hydrogens (tertiary/aromatic N) is 2. The first-order chi connectivity index (χ1) is 13.5. The van der Waals surface area contributed by atoms with Gasteiger partial charge in [-0.25, -0.2) is 5.43 Å². The maximum Gasteiger partial charge on any atom is 0.306 e. The van der Waals surface area contributed by atoms with E-state index in [2.05, 4.69) is 10.5 Å². The molecule has 0 saturated carbocycles. The first kappa shape index (κ1) is 19.4. The molecule has 0 aliphatic carbocycles. The van der Waals surface area contributed by atoms with Gasteiger partial charge in [-0.05, 0) is 36.8 Å². The number of nitrogens with one attached hydrogen (secondary N) is 1. The molecule has 1 N–H and O–H groups in total. The lowest BCUT2D eigenvalue weighted by Gasteiger charge is -2.27. The normalized spacial score (nSPS) is 19.7. The fourth-order valence-corrected chi connectivity index (χ4v) is 3.57. The molecule has 6 nitrogen and oxygen atoms in total. The molecule has 0 aromatic heterocycles. The van der Waals surface area contributed by atoms with E-state index in [1.54, 1.807) is 24.3 Å². The fourth-order valence-electron chi connectivity index (χ4n) is 3.57. The van der Waals surface area contributed by atoms with E-state index >= 15 is 0 Å². The Labute approximate surface area is 164 Å². The van der Waals surface area contributed by atoms with Crippen LogP contribution in [0.25, 0.3) is 0 Å². The predicted molar refractivity (Wildman–Crippen MR) is 109 cm³/mol. The zero-order valence-corrected chi connectivity index (χ0v) is 16.2. The van der Waals surface area contributed by atoms with Crippen LogP contribution in [-0.4, -0.2) is 32.2 Å². The van der Waals surface area contributed by atoms with Gasteiger partial charge in [0.1, 0.15) is 0 Å². The molecule has 0 saturated heterocycles. The van der Waals surface area contributed by atoms with E-state index in [0.29, 0.717) is 5.56 Å². The van der Waals surface area contributed by atoms with E-state index in [0.717, 1.165) is 16.9 Å². The number of allylic oxidation sites excluding steroid dienone is 2. The summed E-state index contributed by atoms with van der Waals surface area (Å²) in [6.45, 7) is 2.01. The quantitative estimate of drug-likeness (QED) is 0.493. The zero-order chi connectivity index (χ0) is 20.1. The third-order valence-corrected chi connectivity index (χ3v) is 5.02. The number of hydrogen-bond acceptors (Lipinski definition) is 5. The van der Waals surface area contributed by atoms with Crippen molar-refractivity contribution in [2.24, 2.45) is 5.10 Å². The first-order valence-electron chi connectivity index (χ1n) is 8.96. The lowest BCUT2D eigenvalue weighted by Crippen LogP contribution is -2.30. The third-order valence-electron chi connectivity index (χ3n) is 5.02. The molecule has 1 aliphatic rings. The van der Waals surface area contributed by atoms with Crippen LogP contribution in [0.3, 0.4) is 0 Å². The van der Waals surface area contributed by atoms with Crippen LogP contribution in [0.5, 0.6) is 0 Å². The van der Waals surface area contributed by atoms with E-state index in [1.165, 1.54) is 13.3 Å². The van der Waals surface area contributed by atoms with Gasteiger partial charge in [0, 0.05) is 35.6 Å². The van der Waals surface area contributed by atoms with Gasteiger partial charge in [0.05, 0.1) is 13.5 Å². The molecule has 0 bridgehead atoms. The van der Waals surface area contributed by atoms with Gasteiger partial charge in [-0.3, -0.25) is 9.59 Å². The highest BCUT2D eigenvalue weighted by Crippen LogP contribution is 2.48. The Balaban J connectivity index is 1.84. The lowest BCUT2D eigenvalue weighted by atomic mass is 9.78. The average Bonchev–Trinajstić information content (AvgIpc) is 2.93. The van der Waals surface area contributed by atoms with Gasteiger partial charge >= 0.3 is 5.97 Å². The molecular formula is C22H23N3O3. The molecule has 1 amide bonds. The van der Waals surface area contributed by atoms with Gasteiger partial charge in [-0.1, -0.05) is 36.4 Å². The van der Waals surface area contributed by atoms with Gasteiger partial charge in [0.25, 0.3) is 5.91 Å². The number of ether oxygens (including phenoxy) is 1. The van der Waals surface area contributed by atoms with Crippen LogP contribution in [0.15, 0.2) is 71.5 Å². The van der Waals surface area contributed by atoms with Crippen molar-refractivity contribution < 1.29 is 14.3 Å². The van der Waals surface area contributed by atoms with Crippen LogP contribution in [0.1, 0.15) is 29.3 Å². The Morgan fingerprint density at radius 3 is 2.54 bits per heavy atom. The Bertz CT molecular complexity index is 937. The summed E-state index contributed by atoms with van der Waals surface area (Å²) in [5.41, 5.74) is 5.48. The maximum absolute atomic E-state index is 12.1. The molecule has 1 aliphatic heterocycles. The summed E-state index contributed by atoms with van der Waals surface area (Å²) >= 11 is 0. The molecule has 0 spiro atoms. The van der Waals surface area contributed by atoms with Crippen LogP contribution in [0, 0.1) is 0 Å².